The number of rotatable bonds is 1. The number of nitrogens with one attached hydrogen (secondary N) is 1. The van der Waals surface area contributed by atoms with Gasteiger partial charge in [0.15, 0.2) is 5.50 Å². The van der Waals surface area contributed by atoms with Gasteiger partial charge < -0.3 is 15.1 Å². The van der Waals surface area contributed by atoms with Crippen molar-refractivity contribution in [1.29, 1.82) is 0 Å². The summed E-state index contributed by atoms with van der Waals surface area (Å²) in [5.41, 5.74) is -1.04. The third-order valence-corrected chi connectivity index (χ3v) is 3.75. The standard InChI is InChI=1S/C8H13Cl4N3O/c1-14-2-4-15(5-3-14)7(16)13-6(9)8(10,11)12/h6H,2-5H2,1H3,(H,13,16). The molecule has 0 aromatic carbocycles. The first-order valence-electron chi connectivity index (χ1n) is 4.75. The molecule has 0 spiro atoms. The SMILES string of the molecule is CN1CCN(C(=O)NC(Cl)C(Cl)(Cl)Cl)CC1. The molecule has 1 rings (SSSR count). The van der Waals surface area contributed by atoms with Crippen LogP contribution >= 0.6 is 46.4 Å². The van der Waals surface area contributed by atoms with Crippen molar-refractivity contribution < 1.29 is 4.79 Å². The molecule has 1 saturated heterocycles. The number of nitrogens with zero attached hydrogens (tertiary/aromatic N) is 2. The number of carbonyl (C=O) groups is 1. The van der Waals surface area contributed by atoms with Crippen LogP contribution in [0.1, 0.15) is 0 Å². The Balaban J connectivity index is 2.41. The molecule has 0 aliphatic carbocycles. The number of likely N-dealkylation sites (N-methyl/N-ethyl adjacent to an activating group) is 1. The number of hydrogen-bond donors (Lipinski definition) is 1. The molecule has 1 unspecified atom stereocenters. The Labute approximate surface area is 115 Å². The predicted octanol–water partition coefficient (Wildman–Crippen LogP) is 1.88. The van der Waals surface area contributed by atoms with E-state index in [1.807, 2.05) is 7.05 Å². The van der Waals surface area contributed by atoms with Crippen LogP contribution in [0.5, 0.6) is 0 Å². The Morgan fingerprint density at radius 2 is 1.75 bits per heavy atom. The van der Waals surface area contributed by atoms with Gasteiger partial charge in [-0.2, -0.15) is 0 Å². The van der Waals surface area contributed by atoms with Crippen molar-refractivity contribution in [2.45, 2.75) is 9.29 Å². The van der Waals surface area contributed by atoms with Gasteiger partial charge in [-0.15, -0.1) is 0 Å². The summed E-state index contributed by atoms with van der Waals surface area (Å²) in [6.07, 6.45) is 0. The minimum Gasteiger partial charge on any atom is -0.322 e. The van der Waals surface area contributed by atoms with Crippen molar-refractivity contribution >= 4 is 52.4 Å². The molecular weight excluding hydrogens is 296 g/mol. The zero-order valence-electron chi connectivity index (χ0n) is 8.72. The highest BCUT2D eigenvalue weighted by atomic mass is 35.6. The van der Waals surface area contributed by atoms with Gasteiger partial charge in [-0.1, -0.05) is 46.4 Å². The van der Waals surface area contributed by atoms with E-state index in [9.17, 15) is 4.79 Å². The van der Waals surface area contributed by atoms with Gasteiger partial charge in [0.2, 0.25) is 3.79 Å². The van der Waals surface area contributed by atoms with Crippen LogP contribution in [0.25, 0.3) is 0 Å². The molecule has 4 nitrogen and oxygen atoms in total. The van der Waals surface area contributed by atoms with Crippen LogP contribution in [0.2, 0.25) is 0 Å². The summed E-state index contributed by atoms with van der Waals surface area (Å²) in [7, 11) is 2.00. The van der Waals surface area contributed by atoms with Crippen LogP contribution in [0.4, 0.5) is 4.79 Å². The third-order valence-electron chi connectivity index (χ3n) is 2.33. The minimum absolute atomic E-state index is 0.306. The van der Waals surface area contributed by atoms with Gasteiger partial charge in [0.25, 0.3) is 0 Å². The lowest BCUT2D eigenvalue weighted by Gasteiger charge is -2.33. The normalized spacial score (nSPS) is 20.7. The summed E-state index contributed by atoms with van der Waals surface area (Å²) in [5, 5.41) is 2.44. The van der Waals surface area contributed by atoms with E-state index in [-0.39, 0.29) is 6.03 Å². The van der Waals surface area contributed by atoms with E-state index in [1.165, 1.54) is 0 Å². The van der Waals surface area contributed by atoms with Gasteiger partial charge in [-0.05, 0) is 7.05 Å². The quantitative estimate of drug-likeness (QED) is 0.593. The highest BCUT2D eigenvalue weighted by Gasteiger charge is 2.33. The van der Waals surface area contributed by atoms with Gasteiger partial charge in [-0.25, -0.2) is 4.79 Å². The van der Waals surface area contributed by atoms with Crippen molar-refractivity contribution in [3.05, 3.63) is 0 Å². The lowest BCUT2D eigenvalue weighted by Crippen LogP contribution is -2.53. The van der Waals surface area contributed by atoms with Gasteiger partial charge in [0.05, 0.1) is 0 Å². The van der Waals surface area contributed by atoms with Crippen molar-refractivity contribution in [2.24, 2.45) is 0 Å². The van der Waals surface area contributed by atoms with Gasteiger partial charge in [-0.3, -0.25) is 0 Å². The predicted molar refractivity (Wildman–Crippen MR) is 67.5 cm³/mol. The second-order valence-electron chi connectivity index (χ2n) is 3.64. The summed E-state index contributed by atoms with van der Waals surface area (Å²) in [4.78, 5) is 15.5. The highest BCUT2D eigenvalue weighted by Crippen LogP contribution is 2.32. The maximum absolute atomic E-state index is 11.7. The van der Waals surface area contributed by atoms with Crippen molar-refractivity contribution in [3.63, 3.8) is 0 Å². The Morgan fingerprint density at radius 3 is 2.19 bits per heavy atom. The number of halogens is 4. The second kappa shape index (κ2) is 5.83. The van der Waals surface area contributed by atoms with Crippen LogP contribution in [-0.2, 0) is 0 Å². The monoisotopic (exact) mass is 307 g/mol. The van der Waals surface area contributed by atoms with Crippen LogP contribution in [0, 0.1) is 0 Å². The van der Waals surface area contributed by atoms with Crippen LogP contribution in [0.3, 0.4) is 0 Å². The van der Waals surface area contributed by atoms with Crippen LogP contribution in [0.15, 0.2) is 0 Å². The van der Waals surface area contributed by atoms with Crippen LogP contribution < -0.4 is 5.32 Å². The zero-order valence-corrected chi connectivity index (χ0v) is 11.7. The topological polar surface area (TPSA) is 35.6 Å². The van der Waals surface area contributed by atoms with Gasteiger partial charge in [0.1, 0.15) is 0 Å². The average Bonchev–Trinajstić information content (AvgIpc) is 2.17. The fourth-order valence-corrected chi connectivity index (χ4v) is 1.55. The maximum atomic E-state index is 11.7. The second-order valence-corrected chi connectivity index (χ2v) is 6.45. The van der Waals surface area contributed by atoms with Crippen LogP contribution in [-0.4, -0.2) is 58.4 Å². The molecule has 1 heterocycles. The molecule has 0 bridgehead atoms. The van der Waals surface area contributed by atoms with E-state index >= 15 is 0 Å². The van der Waals surface area contributed by atoms with Crippen molar-refractivity contribution in [3.8, 4) is 0 Å². The minimum atomic E-state index is -1.70. The molecule has 1 atom stereocenters. The first kappa shape index (κ1) is 14.5. The van der Waals surface area contributed by atoms with E-state index in [0.29, 0.717) is 13.1 Å². The molecular formula is C8H13Cl4N3O. The maximum Gasteiger partial charge on any atom is 0.318 e. The largest absolute Gasteiger partial charge is 0.322 e. The Morgan fingerprint density at radius 1 is 1.25 bits per heavy atom. The molecule has 8 heteroatoms. The number of alkyl halides is 4. The lowest BCUT2D eigenvalue weighted by molar-refractivity contribution is 0.154. The summed E-state index contributed by atoms with van der Waals surface area (Å²) >= 11 is 22.4. The Kier molecular flexibility index (Phi) is 5.26. The van der Waals surface area contributed by atoms with Crippen molar-refractivity contribution in [1.82, 2.24) is 15.1 Å². The Bertz CT molecular complexity index is 250. The highest BCUT2D eigenvalue weighted by molar-refractivity contribution is 6.70. The summed E-state index contributed by atoms with van der Waals surface area (Å²) < 4.78 is -1.70. The number of carbonyl (C=O) groups excluding carboxylic acids is 1. The molecule has 0 radical (unpaired) electrons. The summed E-state index contributed by atoms with van der Waals surface area (Å²) in [6.45, 7) is 2.94. The first-order chi connectivity index (χ1) is 7.30. The molecule has 0 aromatic heterocycles. The first-order valence-corrected chi connectivity index (χ1v) is 6.32. The van der Waals surface area contributed by atoms with Gasteiger partial charge in [0, 0.05) is 26.2 Å². The number of amides is 2. The third kappa shape index (κ3) is 4.34. The van der Waals surface area contributed by atoms with E-state index in [1.54, 1.807) is 4.90 Å². The molecule has 0 aromatic rings. The van der Waals surface area contributed by atoms with E-state index in [4.69, 9.17) is 46.4 Å². The zero-order chi connectivity index (χ0) is 12.3. The smallest absolute Gasteiger partial charge is 0.318 e. The van der Waals surface area contributed by atoms with E-state index in [2.05, 4.69) is 10.2 Å². The fraction of sp³-hybridized carbons (Fsp3) is 0.875. The molecule has 1 aliphatic rings. The molecule has 1 fully saturated rings. The molecule has 1 N–H and O–H groups in total. The molecule has 1 aliphatic heterocycles. The molecule has 2 amide bonds. The lowest BCUT2D eigenvalue weighted by atomic mass is 10.3. The van der Waals surface area contributed by atoms with E-state index in [0.717, 1.165) is 13.1 Å². The number of urea groups is 1. The Hall–Kier alpha value is 0.390. The average molecular weight is 309 g/mol. The summed E-state index contributed by atoms with van der Waals surface area (Å²) in [5.74, 6) is 0. The molecule has 94 valence electrons. The number of piperazine rings is 1. The molecule has 16 heavy (non-hydrogen) atoms. The van der Waals surface area contributed by atoms with Crippen molar-refractivity contribution in [2.75, 3.05) is 33.2 Å². The van der Waals surface area contributed by atoms with E-state index < -0.39 is 9.29 Å². The summed E-state index contributed by atoms with van der Waals surface area (Å²) in [6, 6.07) is -0.306. The van der Waals surface area contributed by atoms with Gasteiger partial charge >= 0.3 is 6.03 Å². The molecule has 0 saturated carbocycles. The number of hydrogen-bond acceptors (Lipinski definition) is 2. The fourth-order valence-electron chi connectivity index (χ4n) is 1.29.